The average Bonchev–Trinajstić information content (AvgIpc) is 2.66. The highest BCUT2D eigenvalue weighted by Crippen LogP contribution is 2.27. The number of hydrogen-bond donors (Lipinski definition) is 0. The molecule has 7 heteroatoms. The number of benzene rings is 2. The molecule has 5 nitrogen and oxygen atoms in total. The van der Waals surface area contributed by atoms with Crippen LogP contribution >= 0.6 is 27.7 Å². The number of fused-ring (bicyclic) bond motifs is 2. The molecule has 0 aliphatic rings. The maximum absolute atomic E-state index is 12.9. The topological polar surface area (TPSA) is 65.1 Å². The van der Waals surface area contributed by atoms with Gasteiger partial charge in [-0.2, -0.15) is 0 Å². The van der Waals surface area contributed by atoms with Crippen LogP contribution in [0.4, 0.5) is 0 Å². The van der Waals surface area contributed by atoms with Crippen LogP contribution in [-0.4, -0.2) is 9.55 Å². The number of aromatic nitrogens is 2. The number of hydrogen-bond acceptors (Lipinski definition) is 5. The summed E-state index contributed by atoms with van der Waals surface area (Å²) in [5, 5.41) is 2.12. The van der Waals surface area contributed by atoms with Crippen LogP contribution in [0.15, 0.2) is 66.1 Å². The molecular weight excluding hydrogens is 440 g/mol. The monoisotopic (exact) mass is 456 g/mol. The SMILES string of the molecule is CCn1c(SCc2cc(=O)oc3cc(C)ccc23)nc2ccc(Br)cc2c1=O. The molecule has 0 aliphatic heterocycles. The van der Waals surface area contributed by atoms with E-state index in [0.717, 1.165) is 21.0 Å². The van der Waals surface area contributed by atoms with E-state index in [2.05, 4.69) is 20.9 Å². The molecule has 0 bridgehead atoms. The van der Waals surface area contributed by atoms with E-state index in [1.165, 1.54) is 17.8 Å². The summed E-state index contributed by atoms with van der Waals surface area (Å²) < 4.78 is 7.84. The standard InChI is InChI=1S/C21H17BrN2O3S/c1-3-24-20(26)16-10-14(22)5-7-17(16)23-21(24)28-11-13-9-19(25)27-18-8-12(2)4-6-15(13)18/h4-10H,3,11H2,1-2H3. The van der Waals surface area contributed by atoms with Crippen LogP contribution in [0.25, 0.3) is 21.9 Å². The molecule has 142 valence electrons. The molecule has 0 atom stereocenters. The third-order valence-electron chi connectivity index (χ3n) is 4.54. The van der Waals surface area contributed by atoms with E-state index in [-0.39, 0.29) is 11.2 Å². The van der Waals surface area contributed by atoms with Crippen molar-refractivity contribution < 1.29 is 4.42 Å². The van der Waals surface area contributed by atoms with Crippen LogP contribution in [0.2, 0.25) is 0 Å². The molecule has 0 fully saturated rings. The Balaban J connectivity index is 1.77. The first-order chi connectivity index (χ1) is 13.5. The van der Waals surface area contributed by atoms with E-state index in [9.17, 15) is 9.59 Å². The van der Waals surface area contributed by atoms with Gasteiger partial charge in [-0.05, 0) is 49.2 Å². The third-order valence-corrected chi connectivity index (χ3v) is 6.06. The van der Waals surface area contributed by atoms with Gasteiger partial charge in [-0.15, -0.1) is 0 Å². The second-order valence-electron chi connectivity index (χ2n) is 6.48. The predicted octanol–water partition coefficient (Wildman–Crippen LogP) is 4.89. The lowest BCUT2D eigenvalue weighted by Crippen LogP contribution is -2.22. The van der Waals surface area contributed by atoms with Gasteiger partial charge in [0.25, 0.3) is 5.56 Å². The first-order valence-electron chi connectivity index (χ1n) is 8.82. The molecule has 28 heavy (non-hydrogen) atoms. The van der Waals surface area contributed by atoms with Crippen molar-refractivity contribution in [3.63, 3.8) is 0 Å². The molecule has 0 amide bonds. The molecule has 0 N–H and O–H groups in total. The fourth-order valence-corrected chi connectivity index (χ4v) is 4.58. The third kappa shape index (κ3) is 3.52. The van der Waals surface area contributed by atoms with Gasteiger partial charge in [-0.1, -0.05) is 39.8 Å². The second kappa shape index (κ2) is 7.56. The van der Waals surface area contributed by atoms with Crippen LogP contribution in [0, 0.1) is 6.92 Å². The van der Waals surface area contributed by atoms with E-state index >= 15 is 0 Å². The van der Waals surface area contributed by atoms with Crippen molar-refractivity contribution in [3.05, 3.63) is 78.8 Å². The Morgan fingerprint density at radius 1 is 1.11 bits per heavy atom. The summed E-state index contributed by atoms with van der Waals surface area (Å²) in [4.78, 5) is 29.5. The van der Waals surface area contributed by atoms with Crippen LogP contribution in [0.3, 0.4) is 0 Å². The molecule has 4 aromatic rings. The van der Waals surface area contributed by atoms with Crippen molar-refractivity contribution in [2.75, 3.05) is 0 Å². The normalized spacial score (nSPS) is 11.4. The van der Waals surface area contributed by atoms with Crippen molar-refractivity contribution in [1.29, 1.82) is 0 Å². The fourth-order valence-electron chi connectivity index (χ4n) is 3.16. The molecule has 2 heterocycles. The van der Waals surface area contributed by atoms with Gasteiger partial charge in [0.2, 0.25) is 0 Å². The van der Waals surface area contributed by atoms with Gasteiger partial charge in [0.05, 0.1) is 10.9 Å². The minimum Gasteiger partial charge on any atom is -0.423 e. The number of aryl methyl sites for hydroxylation is 1. The zero-order chi connectivity index (χ0) is 19.8. The maximum atomic E-state index is 12.9. The van der Waals surface area contributed by atoms with Crippen molar-refractivity contribution in [2.24, 2.45) is 0 Å². The van der Waals surface area contributed by atoms with E-state index in [4.69, 9.17) is 4.42 Å². The van der Waals surface area contributed by atoms with Crippen LogP contribution in [-0.2, 0) is 12.3 Å². The first-order valence-corrected chi connectivity index (χ1v) is 10.6. The quantitative estimate of drug-likeness (QED) is 0.248. The van der Waals surface area contributed by atoms with E-state index in [1.807, 2.05) is 44.2 Å². The maximum Gasteiger partial charge on any atom is 0.336 e. The van der Waals surface area contributed by atoms with Gasteiger partial charge in [-0.25, -0.2) is 9.78 Å². The molecule has 0 aliphatic carbocycles. The summed E-state index contributed by atoms with van der Waals surface area (Å²) in [6, 6.07) is 12.8. The number of rotatable bonds is 4. The predicted molar refractivity (Wildman–Crippen MR) is 116 cm³/mol. The van der Waals surface area contributed by atoms with Crippen LogP contribution in [0.1, 0.15) is 18.1 Å². The number of nitrogens with zero attached hydrogens (tertiary/aromatic N) is 2. The van der Waals surface area contributed by atoms with E-state index in [0.29, 0.717) is 33.9 Å². The Labute approximate surface area is 173 Å². The molecule has 2 aromatic heterocycles. The Morgan fingerprint density at radius 3 is 2.71 bits per heavy atom. The summed E-state index contributed by atoms with van der Waals surface area (Å²) in [7, 11) is 0. The lowest BCUT2D eigenvalue weighted by Gasteiger charge is -2.12. The molecule has 0 saturated heterocycles. The molecule has 0 radical (unpaired) electrons. The van der Waals surface area contributed by atoms with Gasteiger partial charge in [-0.3, -0.25) is 9.36 Å². The smallest absolute Gasteiger partial charge is 0.336 e. The van der Waals surface area contributed by atoms with Crippen LogP contribution < -0.4 is 11.2 Å². The molecule has 4 rings (SSSR count). The first kappa shape index (κ1) is 19.0. The Kier molecular flexibility index (Phi) is 5.12. The van der Waals surface area contributed by atoms with Gasteiger partial charge >= 0.3 is 5.63 Å². The number of thioether (sulfide) groups is 1. The highest BCUT2D eigenvalue weighted by atomic mass is 79.9. The molecule has 0 unspecified atom stereocenters. The highest BCUT2D eigenvalue weighted by Gasteiger charge is 2.13. The van der Waals surface area contributed by atoms with Crippen molar-refractivity contribution in [3.8, 4) is 0 Å². The Bertz CT molecular complexity index is 1330. The summed E-state index contributed by atoms with van der Waals surface area (Å²) in [6.07, 6.45) is 0. The summed E-state index contributed by atoms with van der Waals surface area (Å²) >= 11 is 4.85. The lowest BCUT2D eigenvalue weighted by atomic mass is 10.1. The Hall–Kier alpha value is -2.38. The van der Waals surface area contributed by atoms with Gasteiger partial charge < -0.3 is 4.42 Å². The zero-order valence-electron chi connectivity index (χ0n) is 15.4. The molecule has 0 saturated carbocycles. The van der Waals surface area contributed by atoms with Crippen molar-refractivity contribution in [2.45, 2.75) is 31.3 Å². The van der Waals surface area contributed by atoms with Gasteiger partial charge in [0.1, 0.15) is 5.58 Å². The minimum atomic E-state index is -0.377. The fraction of sp³-hybridized carbons (Fsp3) is 0.190. The zero-order valence-corrected chi connectivity index (χ0v) is 17.8. The van der Waals surface area contributed by atoms with Crippen molar-refractivity contribution >= 4 is 49.6 Å². The van der Waals surface area contributed by atoms with E-state index < -0.39 is 0 Å². The lowest BCUT2D eigenvalue weighted by molar-refractivity contribution is 0.559. The molecule has 2 aromatic carbocycles. The van der Waals surface area contributed by atoms with Crippen LogP contribution in [0.5, 0.6) is 0 Å². The molecule has 0 spiro atoms. The Morgan fingerprint density at radius 2 is 1.93 bits per heavy atom. The van der Waals surface area contributed by atoms with Gasteiger partial charge in [0.15, 0.2) is 5.16 Å². The summed E-state index contributed by atoms with van der Waals surface area (Å²) in [5.41, 5.74) is 2.69. The average molecular weight is 457 g/mol. The van der Waals surface area contributed by atoms with Gasteiger partial charge in [0, 0.05) is 28.2 Å². The molecular formula is C21H17BrN2O3S. The van der Waals surface area contributed by atoms with E-state index in [1.54, 1.807) is 10.6 Å². The second-order valence-corrected chi connectivity index (χ2v) is 8.34. The largest absolute Gasteiger partial charge is 0.423 e. The summed E-state index contributed by atoms with van der Waals surface area (Å²) in [5.74, 6) is 0.514. The summed E-state index contributed by atoms with van der Waals surface area (Å²) in [6.45, 7) is 4.40. The number of halogens is 1. The van der Waals surface area contributed by atoms with Crippen molar-refractivity contribution in [1.82, 2.24) is 9.55 Å². The highest BCUT2D eigenvalue weighted by molar-refractivity contribution is 9.10. The minimum absolute atomic E-state index is 0.0654.